The van der Waals surface area contributed by atoms with Crippen LogP contribution in [0.2, 0.25) is 0 Å². The minimum atomic E-state index is 0.776. The summed E-state index contributed by atoms with van der Waals surface area (Å²) in [5.41, 5.74) is 2.07. The van der Waals surface area contributed by atoms with E-state index in [1.807, 2.05) is 18.2 Å². The molecule has 1 heteroatoms. The van der Waals surface area contributed by atoms with Crippen LogP contribution in [0.5, 0.6) is 0 Å². The first-order chi connectivity index (χ1) is 6.86. The molecule has 1 aromatic rings. The molecule has 0 atom stereocenters. The number of unbranched alkanes of at least 4 members (excludes halogenated alkanes) is 3. The van der Waals surface area contributed by atoms with Gasteiger partial charge in [-0.15, -0.1) is 0 Å². The van der Waals surface area contributed by atoms with Crippen molar-refractivity contribution in [2.24, 2.45) is 0 Å². The number of benzene rings is 1. The molecule has 0 saturated heterocycles. The predicted octanol–water partition coefficient (Wildman–Crippen LogP) is 3.68. The van der Waals surface area contributed by atoms with Crippen LogP contribution in [0.4, 0.5) is 0 Å². The molecule has 1 aromatic carbocycles. The van der Waals surface area contributed by atoms with Gasteiger partial charge in [0.1, 0.15) is 0 Å². The Kier molecular flexibility index (Phi) is 4.78. The Balaban J connectivity index is 2.39. The fourth-order valence-electron chi connectivity index (χ4n) is 1.55. The Bertz CT molecular complexity index is 309. The van der Waals surface area contributed by atoms with Crippen LogP contribution in [0.3, 0.4) is 0 Å². The van der Waals surface area contributed by atoms with Crippen LogP contribution in [-0.2, 0) is 6.42 Å². The molecule has 0 aliphatic carbocycles. The SMILES string of the molecule is CCCCCCc1cccc(C#N)c1. The molecule has 0 spiro atoms. The third-order valence-electron chi connectivity index (χ3n) is 2.38. The molecule has 0 heterocycles. The van der Waals surface area contributed by atoms with Crippen LogP contribution in [-0.4, -0.2) is 0 Å². The van der Waals surface area contributed by atoms with Gasteiger partial charge in [0.15, 0.2) is 0 Å². The van der Waals surface area contributed by atoms with E-state index >= 15 is 0 Å². The van der Waals surface area contributed by atoms with Gasteiger partial charge in [-0.25, -0.2) is 0 Å². The van der Waals surface area contributed by atoms with Gasteiger partial charge in [-0.3, -0.25) is 0 Å². The number of hydrogen-bond donors (Lipinski definition) is 0. The summed E-state index contributed by atoms with van der Waals surface area (Å²) in [6.45, 7) is 2.22. The summed E-state index contributed by atoms with van der Waals surface area (Å²) in [6, 6.07) is 10.1. The van der Waals surface area contributed by atoms with Gasteiger partial charge in [-0.1, -0.05) is 38.3 Å². The van der Waals surface area contributed by atoms with Crippen molar-refractivity contribution >= 4 is 0 Å². The summed E-state index contributed by atoms with van der Waals surface area (Å²) < 4.78 is 0. The highest BCUT2D eigenvalue weighted by Crippen LogP contribution is 2.09. The molecule has 74 valence electrons. The first-order valence-electron chi connectivity index (χ1n) is 5.36. The topological polar surface area (TPSA) is 23.8 Å². The summed E-state index contributed by atoms with van der Waals surface area (Å²) >= 11 is 0. The van der Waals surface area contributed by atoms with E-state index in [0.717, 1.165) is 12.0 Å². The molecule has 14 heavy (non-hydrogen) atoms. The Hall–Kier alpha value is -1.29. The van der Waals surface area contributed by atoms with Crippen molar-refractivity contribution < 1.29 is 0 Å². The highest BCUT2D eigenvalue weighted by molar-refractivity contribution is 5.32. The van der Waals surface area contributed by atoms with E-state index < -0.39 is 0 Å². The summed E-state index contributed by atoms with van der Waals surface area (Å²) in [4.78, 5) is 0. The van der Waals surface area contributed by atoms with Gasteiger partial charge in [-0.2, -0.15) is 5.26 Å². The number of rotatable bonds is 5. The van der Waals surface area contributed by atoms with Crippen molar-refractivity contribution in [1.82, 2.24) is 0 Å². The van der Waals surface area contributed by atoms with Gasteiger partial charge in [0.05, 0.1) is 11.6 Å². The largest absolute Gasteiger partial charge is 0.192 e. The Morgan fingerprint density at radius 1 is 1.21 bits per heavy atom. The summed E-state index contributed by atoms with van der Waals surface area (Å²) in [5, 5.41) is 8.72. The molecule has 0 fully saturated rings. The molecule has 0 aliphatic heterocycles. The average Bonchev–Trinajstić information content (AvgIpc) is 2.25. The summed E-state index contributed by atoms with van der Waals surface area (Å²) in [5.74, 6) is 0. The van der Waals surface area contributed by atoms with E-state index in [1.165, 1.54) is 31.2 Å². The molecule has 1 rings (SSSR count). The highest BCUT2D eigenvalue weighted by atomic mass is 14.2. The molecule has 1 nitrogen and oxygen atoms in total. The standard InChI is InChI=1S/C13H17N/c1-2-3-4-5-7-12-8-6-9-13(10-12)11-14/h6,8-10H,2-5,7H2,1H3. The number of hydrogen-bond acceptors (Lipinski definition) is 1. The zero-order valence-corrected chi connectivity index (χ0v) is 8.79. The third-order valence-corrected chi connectivity index (χ3v) is 2.38. The normalized spacial score (nSPS) is 9.71. The number of nitrogens with zero attached hydrogens (tertiary/aromatic N) is 1. The maximum atomic E-state index is 8.72. The van der Waals surface area contributed by atoms with Crippen LogP contribution in [0.15, 0.2) is 24.3 Å². The van der Waals surface area contributed by atoms with Gasteiger partial charge in [0.25, 0.3) is 0 Å². The van der Waals surface area contributed by atoms with Gasteiger partial charge < -0.3 is 0 Å². The molecule has 0 N–H and O–H groups in total. The molecule has 0 amide bonds. The maximum Gasteiger partial charge on any atom is 0.0991 e. The Morgan fingerprint density at radius 2 is 2.07 bits per heavy atom. The van der Waals surface area contributed by atoms with E-state index in [2.05, 4.69) is 19.1 Å². The zero-order chi connectivity index (χ0) is 10.2. The van der Waals surface area contributed by atoms with Gasteiger partial charge in [0.2, 0.25) is 0 Å². The summed E-state index contributed by atoms with van der Waals surface area (Å²) in [6.07, 6.45) is 6.24. The van der Waals surface area contributed by atoms with Crippen molar-refractivity contribution in [2.75, 3.05) is 0 Å². The van der Waals surface area contributed by atoms with Crippen LogP contribution in [0.25, 0.3) is 0 Å². The molecule has 0 saturated carbocycles. The summed E-state index contributed by atoms with van der Waals surface area (Å²) in [7, 11) is 0. The quantitative estimate of drug-likeness (QED) is 0.645. The molecular weight excluding hydrogens is 170 g/mol. The Morgan fingerprint density at radius 3 is 2.79 bits per heavy atom. The van der Waals surface area contributed by atoms with E-state index in [4.69, 9.17) is 5.26 Å². The first-order valence-corrected chi connectivity index (χ1v) is 5.36. The lowest BCUT2D eigenvalue weighted by Crippen LogP contribution is -1.86. The van der Waals surface area contributed by atoms with Crippen LogP contribution < -0.4 is 0 Å². The molecule has 0 radical (unpaired) electrons. The van der Waals surface area contributed by atoms with E-state index in [0.29, 0.717) is 0 Å². The molecular formula is C13H17N. The zero-order valence-electron chi connectivity index (χ0n) is 8.79. The minimum Gasteiger partial charge on any atom is -0.192 e. The lowest BCUT2D eigenvalue weighted by atomic mass is 10.0. The lowest BCUT2D eigenvalue weighted by molar-refractivity contribution is 0.667. The monoisotopic (exact) mass is 187 g/mol. The second-order valence-electron chi connectivity index (χ2n) is 3.62. The maximum absolute atomic E-state index is 8.72. The third kappa shape index (κ3) is 3.62. The van der Waals surface area contributed by atoms with E-state index in [1.54, 1.807) is 0 Å². The smallest absolute Gasteiger partial charge is 0.0991 e. The van der Waals surface area contributed by atoms with E-state index in [-0.39, 0.29) is 0 Å². The number of aryl methyl sites for hydroxylation is 1. The molecule has 0 aromatic heterocycles. The van der Waals surface area contributed by atoms with Crippen molar-refractivity contribution in [3.05, 3.63) is 35.4 Å². The molecule has 0 bridgehead atoms. The average molecular weight is 187 g/mol. The van der Waals surface area contributed by atoms with Gasteiger partial charge in [-0.05, 0) is 30.5 Å². The van der Waals surface area contributed by atoms with Gasteiger partial charge in [0, 0.05) is 0 Å². The van der Waals surface area contributed by atoms with Crippen LogP contribution >= 0.6 is 0 Å². The fraction of sp³-hybridized carbons (Fsp3) is 0.462. The molecule has 0 unspecified atom stereocenters. The highest BCUT2D eigenvalue weighted by Gasteiger charge is 1.95. The van der Waals surface area contributed by atoms with Crippen LogP contribution in [0, 0.1) is 11.3 Å². The first kappa shape index (κ1) is 10.8. The predicted molar refractivity (Wildman–Crippen MR) is 59.0 cm³/mol. The second-order valence-corrected chi connectivity index (χ2v) is 3.62. The van der Waals surface area contributed by atoms with Crippen LogP contribution in [0.1, 0.15) is 43.7 Å². The lowest BCUT2D eigenvalue weighted by Gasteiger charge is -2.00. The van der Waals surface area contributed by atoms with Crippen molar-refractivity contribution in [3.8, 4) is 6.07 Å². The molecule has 0 aliphatic rings. The van der Waals surface area contributed by atoms with Gasteiger partial charge >= 0.3 is 0 Å². The van der Waals surface area contributed by atoms with Crippen molar-refractivity contribution in [1.29, 1.82) is 5.26 Å². The second kappa shape index (κ2) is 6.21. The minimum absolute atomic E-state index is 0.776. The number of nitriles is 1. The fourth-order valence-corrected chi connectivity index (χ4v) is 1.55. The Labute approximate surface area is 86.4 Å². The van der Waals surface area contributed by atoms with Crippen molar-refractivity contribution in [3.63, 3.8) is 0 Å². The van der Waals surface area contributed by atoms with E-state index in [9.17, 15) is 0 Å². The van der Waals surface area contributed by atoms with Crippen molar-refractivity contribution in [2.45, 2.75) is 39.0 Å².